The summed E-state index contributed by atoms with van der Waals surface area (Å²) in [4.78, 5) is 0.159. The fourth-order valence-corrected chi connectivity index (χ4v) is 2.04. The second-order valence-corrected chi connectivity index (χ2v) is 5.07. The number of ether oxygens (including phenoxy) is 1. The Hall–Kier alpha value is -1.17. The van der Waals surface area contributed by atoms with Gasteiger partial charge in [-0.15, -0.1) is 6.58 Å². The Labute approximate surface area is 102 Å². The zero-order valence-electron chi connectivity index (χ0n) is 9.76. The van der Waals surface area contributed by atoms with Gasteiger partial charge in [0.15, 0.2) is 0 Å². The number of benzene rings is 1. The van der Waals surface area contributed by atoms with Gasteiger partial charge >= 0.3 is 0 Å². The molecule has 0 aliphatic carbocycles. The van der Waals surface area contributed by atoms with Gasteiger partial charge in [-0.2, -0.15) is 8.42 Å². The Morgan fingerprint density at radius 1 is 1.24 bits per heavy atom. The van der Waals surface area contributed by atoms with Gasteiger partial charge in [0.1, 0.15) is 0 Å². The van der Waals surface area contributed by atoms with E-state index >= 15 is 0 Å². The molecule has 94 valence electrons. The third-order valence-corrected chi connectivity index (χ3v) is 3.34. The van der Waals surface area contributed by atoms with Crippen LogP contribution >= 0.6 is 0 Å². The molecule has 1 rings (SSSR count). The monoisotopic (exact) mass is 256 g/mol. The zero-order chi connectivity index (χ0) is 12.7. The third kappa shape index (κ3) is 4.68. The van der Waals surface area contributed by atoms with E-state index < -0.39 is 10.1 Å². The second-order valence-electron chi connectivity index (χ2n) is 3.45. The van der Waals surface area contributed by atoms with Crippen molar-refractivity contribution in [2.45, 2.75) is 11.8 Å². The molecule has 0 radical (unpaired) electrons. The van der Waals surface area contributed by atoms with Crippen molar-refractivity contribution < 1.29 is 17.3 Å². The molecule has 0 fully saturated rings. The maximum Gasteiger partial charge on any atom is 0.297 e. The van der Waals surface area contributed by atoms with Gasteiger partial charge in [-0.25, -0.2) is 0 Å². The lowest BCUT2D eigenvalue weighted by atomic mass is 10.2. The van der Waals surface area contributed by atoms with E-state index in [2.05, 4.69) is 6.58 Å². The molecule has 0 aromatic heterocycles. The number of hydrogen-bond acceptors (Lipinski definition) is 4. The summed E-state index contributed by atoms with van der Waals surface area (Å²) in [7, 11) is -3.67. The molecular weight excluding hydrogens is 240 g/mol. The van der Waals surface area contributed by atoms with Crippen LogP contribution in [-0.2, 0) is 19.0 Å². The maximum atomic E-state index is 11.7. The molecule has 1 aromatic rings. The van der Waals surface area contributed by atoms with Crippen molar-refractivity contribution in [1.29, 1.82) is 0 Å². The summed E-state index contributed by atoms with van der Waals surface area (Å²) in [6.45, 7) is 5.97. The molecule has 0 atom stereocenters. The SMILES string of the molecule is C=CCOCCOS(=O)(=O)c1ccc(C)cc1. The quantitative estimate of drug-likeness (QED) is 0.425. The molecule has 1 aromatic carbocycles. The lowest BCUT2D eigenvalue weighted by Crippen LogP contribution is -2.11. The van der Waals surface area contributed by atoms with Crippen molar-refractivity contribution in [2.75, 3.05) is 19.8 Å². The van der Waals surface area contributed by atoms with Crippen LogP contribution in [0.5, 0.6) is 0 Å². The Morgan fingerprint density at radius 3 is 2.47 bits per heavy atom. The lowest BCUT2D eigenvalue weighted by Gasteiger charge is -2.05. The van der Waals surface area contributed by atoms with E-state index in [9.17, 15) is 8.42 Å². The topological polar surface area (TPSA) is 52.6 Å². The van der Waals surface area contributed by atoms with Gasteiger partial charge in [0.25, 0.3) is 10.1 Å². The first kappa shape index (κ1) is 13.9. The summed E-state index contributed by atoms with van der Waals surface area (Å²) in [5.74, 6) is 0. The molecular formula is C12H16O4S. The van der Waals surface area contributed by atoms with Gasteiger partial charge in [0.2, 0.25) is 0 Å². The predicted molar refractivity (Wildman–Crippen MR) is 65.3 cm³/mol. The van der Waals surface area contributed by atoms with Gasteiger partial charge in [-0.05, 0) is 19.1 Å². The fraction of sp³-hybridized carbons (Fsp3) is 0.333. The highest BCUT2D eigenvalue weighted by atomic mass is 32.2. The van der Waals surface area contributed by atoms with E-state index in [0.717, 1.165) is 5.56 Å². The zero-order valence-corrected chi connectivity index (χ0v) is 10.6. The number of aryl methyl sites for hydroxylation is 1. The van der Waals surface area contributed by atoms with Crippen molar-refractivity contribution in [3.05, 3.63) is 42.5 Å². The highest BCUT2D eigenvalue weighted by molar-refractivity contribution is 7.86. The molecule has 0 bridgehead atoms. The Morgan fingerprint density at radius 2 is 1.88 bits per heavy atom. The average Bonchev–Trinajstić information content (AvgIpc) is 2.29. The maximum absolute atomic E-state index is 11.7. The van der Waals surface area contributed by atoms with Crippen molar-refractivity contribution in [2.24, 2.45) is 0 Å². The van der Waals surface area contributed by atoms with Crippen LogP contribution in [0.25, 0.3) is 0 Å². The summed E-state index contributed by atoms with van der Waals surface area (Å²) in [6.07, 6.45) is 1.59. The molecule has 0 heterocycles. The lowest BCUT2D eigenvalue weighted by molar-refractivity contribution is 0.123. The van der Waals surface area contributed by atoms with Crippen molar-refractivity contribution in [3.63, 3.8) is 0 Å². The van der Waals surface area contributed by atoms with Gasteiger partial charge in [-0.3, -0.25) is 4.18 Å². The van der Waals surface area contributed by atoms with E-state index in [0.29, 0.717) is 6.61 Å². The van der Waals surface area contributed by atoms with Crippen LogP contribution in [0, 0.1) is 6.92 Å². The van der Waals surface area contributed by atoms with Crippen LogP contribution in [0.3, 0.4) is 0 Å². The van der Waals surface area contributed by atoms with Gasteiger partial charge in [-0.1, -0.05) is 23.8 Å². The normalized spacial score (nSPS) is 11.4. The molecule has 0 saturated carbocycles. The predicted octanol–water partition coefficient (Wildman–Crippen LogP) is 1.90. The molecule has 0 unspecified atom stereocenters. The van der Waals surface area contributed by atoms with Crippen LogP contribution in [-0.4, -0.2) is 28.2 Å². The highest BCUT2D eigenvalue weighted by Gasteiger charge is 2.14. The van der Waals surface area contributed by atoms with Gasteiger partial charge in [0, 0.05) is 0 Å². The van der Waals surface area contributed by atoms with Gasteiger partial charge < -0.3 is 4.74 Å². The van der Waals surface area contributed by atoms with E-state index in [4.69, 9.17) is 8.92 Å². The molecule has 0 aliphatic rings. The van der Waals surface area contributed by atoms with E-state index in [1.165, 1.54) is 12.1 Å². The standard InChI is InChI=1S/C12H16O4S/c1-3-8-15-9-10-16-17(13,14)12-6-4-11(2)5-7-12/h3-7H,1,8-10H2,2H3. The summed E-state index contributed by atoms with van der Waals surface area (Å²) in [6, 6.07) is 6.50. The molecule has 0 amide bonds. The minimum Gasteiger partial charge on any atom is -0.375 e. The van der Waals surface area contributed by atoms with E-state index in [1.807, 2.05) is 6.92 Å². The van der Waals surface area contributed by atoms with Crippen LogP contribution < -0.4 is 0 Å². The van der Waals surface area contributed by atoms with Crippen LogP contribution in [0.4, 0.5) is 0 Å². The second kappa shape index (κ2) is 6.54. The smallest absolute Gasteiger partial charge is 0.297 e. The van der Waals surface area contributed by atoms with Crippen molar-refractivity contribution in [3.8, 4) is 0 Å². The molecule has 0 spiro atoms. The third-order valence-electron chi connectivity index (χ3n) is 2.01. The van der Waals surface area contributed by atoms with E-state index in [1.54, 1.807) is 18.2 Å². The first-order valence-corrected chi connectivity index (χ1v) is 6.62. The summed E-state index contributed by atoms with van der Waals surface area (Å²) < 4.78 is 33.2. The largest absolute Gasteiger partial charge is 0.375 e. The minimum absolute atomic E-state index is 0.00402. The van der Waals surface area contributed by atoms with Crippen LogP contribution in [0.1, 0.15) is 5.56 Å². The fourth-order valence-electron chi connectivity index (χ4n) is 1.14. The first-order chi connectivity index (χ1) is 8.06. The van der Waals surface area contributed by atoms with Crippen molar-refractivity contribution >= 4 is 10.1 Å². The minimum atomic E-state index is -3.67. The summed E-state index contributed by atoms with van der Waals surface area (Å²) in [5, 5.41) is 0. The van der Waals surface area contributed by atoms with E-state index in [-0.39, 0.29) is 18.1 Å². The Bertz CT molecular complexity index is 448. The summed E-state index contributed by atoms with van der Waals surface area (Å²) in [5.41, 5.74) is 0.998. The van der Waals surface area contributed by atoms with Gasteiger partial charge in [0.05, 0.1) is 24.7 Å². The average molecular weight is 256 g/mol. The highest BCUT2D eigenvalue weighted by Crippen LogP contribution is 2.12. The number of hydrogen-bond donors (Lipinski definition) is 0. The number of rotatable bonds is 7. The first-order valence-electron chi connectivity index (χ1n) is 5.21. The van der Waals surface area contributed by atoms with Crippen LogP contribution in [0.15, 0.2) is 41.8 Å². The molecule has 0 saturated heterocycles. The molecule has 5 heteroatoms. The summed E-state index contributed by atoms with van der Waals surface area (Å²) >= 11 is 0. The Balaban J connectivity index is 2.51. The molecule has 0 aliphatic heterocycles. The van der Waals surface area contributed by atoms with Crippen molar-refractivity contribution in [1.82, 2.24) is 0 Å². The molecule has 17 heavy (non-hydrogen) atoms. The molecule has 4 nitrogen and oxygen atoms in total. The Kier molecular flexibility index (Phi) is 5.34. The van der Waals surface area contributed by atoms with Crippen LogP contribution in [0.2, 0.25) is 0 Å². The molecule has 0 N–H and O–H groups in total.